The minimum Gasteiger partial charge on any atom is -0.365 e. The lowest BCUT2D eigenvalue weighted by molar-refractivity contribution is 0.0159. The monoisotopic (exact) mass is 217 g/mol. The van der Waals surface area contributed by atoms with Crippen molar-refractivity contribution in [2.75, 3.05) is 20.2 Å². The minimum absolute atomic E-state index is 0.304. The van der Waals surface area contributed by atoms with E-state index in [0.717, 1.165) is 31.5 Å². The zero-order valence-electron chi connectivity index (χ0n) is 9.36. The second kappa shape index (κ2) is 5.06. The first-order valence-corrected chi connectivity index (χ1v) is 5.39. The molecule has 1 N–H and O–H groups in total. The Morgan fingerprint density at radius 2 is 2.00 bits per heavy atom. The Balaban J connectivity index is 2.15. The van der Waals surface area contributed by atoms with Crippen molar-refractivity contribution in [3.63, 3.8) is 0 Å². The quantitative estimate of drug-likeness (QED) is 0.700. The van der Waals surface area contributed by atoms with Gasteiger partial charge in [-0.25, -0.2) is 9.97 Å². The van der Waals surface area contributed by atoms with E-state index in [0.29, 0.717) is 0 Å². The maximum atomic E-state index is 5.55. The number of hydrogen-bond acceptors (Lipinski definition) is 4. The SMILES string of the molecule is COC1(C#Cc2cncnc2)CCNCC1. The highest BCUT2D eigenvalue weighted by molar-refractivity contribution is 5.32. The summed E-state index contributed by atoms with van der Waals surface area (Å²) >= 11 is 0. The van der Waals surface area contributed by atoms with Crippen molar-refractivity contribution in [3.05, 3.63) is 24.3 Å². The largest absolute Gasteiger partial charge is 0.365 e. The third kappa shape index (κ3) is 2.57. The molecule has 1 aliphatic heterocycles. The molecule has 16 heavy (non-hydrogen) atoms. The number of nitrogens with zero attached hydrogens (tertiary/aromatic N) is 2. The Hall–Kier alpha value is -1.44. The molecule has 0 amide bonds. The van der Waals surface area contributed by atoms with Crippen molar-refractivity contribution >= 4 is 0 Å². The Bertz CT molecular complexity index is 388. The summed E-state index contributed by atoms with van der Waals surface area (Å²) in [5.41, 5.74) is 0.527. The Morgan fingerprint density at radius 1 is 1.31 bits per heavy atom. The van der Waals surface area contributed by atoms with Crippen LogP contribution >= 0.6 is 0 Å². The second-order valence-corrected chi connectivity index (χ2v) is 3.83. The minimum atomic E-state index is -0.304. The molecule has 84 valence electrons. The molecule has 0 bridgehead atoms. The predicted molar refractivity (Wildman–Crippen MR) is 60.8 cm³/mol. The molecule has 1 aromatic rings. The van der Waals surface area contributed by atoms with Crippen molar-refractivity contribution in [1.82, 2.24) is 15.3 Å². The van der Waals surface area contributed by atoms with Gasteiger partial charge in [0.15, 0.2) is 0 Å². The molecule has 0 aromatic carbocycles. The lowest BCUT2D eigenvalue weighted by Crippen LogP contribution is -2.42. The summed E-state index contributed by atoms with van der Waals surface area (Å²) in [6.07, 6.45) is 6.77. The summed E-state index contributed by atoms with van der Waals surface area (Å²) in [7, 11) is 1.72. The van der Waals surface area contributed by atoms with E-state index in [-0.39, 0.29) is 5.60 Å². The highest BCUT2D eigenvalue weighted by Crippen LogP contribution is 2.21. The van der Waals surface area contributed by atoms with E-state index in [9.17, 15) is 0 Å². The van der Waals surface area contributed by atoms with Gasteiger partial charge in [0.1, 0.15) is 11.9 Å². The smallest absolute Gasteiger partial charge is 0.131 e. The van der Waals surface area contributed by atoms with Crippen LogP contribution in [0.2, 0.25) is 0 Å². The number of methoxy groups -OCH3 is 1. The first kappa shape index (κ1) is 11.1. The molecular weight excluding hydrogens is 202 g/mol. The summed E-state index contributed by atoms with van der Waals surface area (Å²) in [5, 5.41) is 3.30. The summed E-state index contributed by atoms with van der Waals surface area (Å²) < 4.78 is 5.55. The van der Waals surface area contributed by atoms with Gasteiger partial charge in [0.25, 0.3) is 0 Å². The molecule has 1 saturated heterocycles. The van der Waals surface area contributed by atoms with Crippen molar-refractivity contribution in [2.45, 2.75) is 18.4 Å². The second-order valence-electron chi connectivity index (χ2n) is 3.83. The lowest BCUT2D eigenvalue weighted by Gasteiger charge is -2.31. The summed E-state index contributed by atoms with van der Waals surface area (Å²) in [6, 6.07) is 0. The number of piperidine rings is 1. The van der Waals surface area contributed by atoms with E-state index in [2.05, 4.69) is 27.1 Å². The average Bonchev–Trinajstić information content (AvgIpc) is 2.39. The first-order chi connectivity index (χ1) is 7.85. The summed E-state index contributed by atoms with van der Waals surface area (Å²) in [6.45, 7) is 1.90. The van der Waals surface area contributed by atoms with Gasteiger partial charge in [-0.05, 0) is 13.1 Å². The predicted octanol–water partition coefficient (Wildman–Crippen LogP) is 0.597. The molecule has 2 rings (SSSR count). The van der Waals surface area contributed by atoms with Gasteiger partial charge in [-0.1, -0.05) is 11.8 Å². The molecule has 1 aromatic heterocycles. The molecule has 0 atom stereocenters. The van der Waals surface area contributed by atoms with Gasteiger partial charge in [0.2, 0.25) is 0 Å². The van der Waals surface area contributed by atoms with Crippen LogP contribution in [0.15, 0.2) is 18.7 Å². The van der Waals surface area contributed by atoms with Crippen molar-refractivity contribution < 1.29 is 4.74 Å². The number of nitrogens with one attached hydrogen (secondary N) is 1. The highest BCUT2D eigenvalue weighted by Gasteiger charge is 2.29. The van der Waals surface area contributed by atoms with E-state index in [1.807, 2.05) is 0 Å². The van der Waals surface area contributed by atoms with Crippen LogP contribution in [0.5, 0.6) is 0 Å². The number of hydrogen-bond donors (Lipinski definition) is 1. The van der Waals surface area contributed by atoms with Crippen LogP contribution in [0.4, 0.5) is 0 Å². The van der Waals surface area contributed by atoms with Crippen molar-refractivity contribution in [1.29, 1.82) is 0 Å². The fourth-order valence-electron chi connectivity index (χ4n) is 1.76. The Morgan fingerprint density at radius 3 is 2.62 bits per heavy atom. The third-order valence-corrected chi connectivity index (χ3v) is 2.80. The van der Waals surface area contributed by atoms with Crippen LogP contribution in [0.25, 0.3) is 0 Å². The number of aromatic nitrogens is 2. The van der Waals surface area contributed by atoms with E-state index >= 15 is 0 Å². The molecule has 4 heteroatoms. The molecule has 4 nitrogen and oxygen atoms in total. The Labute approximate surface area is 95.4 Å². The zero-order chi connectivity index (χ0) is 11.3. The van der Waals surface area contributed by atoms with Crippen LogP contribution in [0, 0.1) is 11.8 Å². The standard InChI is InChI=1S/C12H15N3O/c1-16-12(4-6-13-7-5-12)3-2-11-8-14-10-15-9-11/h8-10,13H,4-7H2,1H3. The average molecular weight is 217 g/mol. The van der Waals surface area contributed by atoms with Crippen LogP contribution in [0.3, 0.4) is 0 Å². The molecule has 1 fully saturated rings. The molecular formula is C12H15N3O. The Kier molecular flexibility index (Phi) is 3.50. The van der Waals surface area contributed by atoms with Gasteiger partial charge >= 0.3 is 0 Å². The lowest BCUT2D eigenvalue weighted by atomic mass is 9.92. The van der Waals surface area contributed by atoms with Gasteiger partial charge in [-0.2, -0.15) is 0 Å². The molecule has 0 saturated carbocycles. The van der Waals surface area contributed by atoms with E-state index in [1.54, 1.807) is 19.5 Å². The van der Waals surface area contributed by atoms with E-state index in [4.69, 9.17) is 4.74 Å². The van der Waals surface area contributed by atoms with E-state index in [1.165, 1.54) is 6.33 Å². The maximum Gasteiger partial charge on any atom is 0.131 e. The van der Waals surface area contributed by atoms with Gasteiger partial charge in [0.05, 0.1) is 5.56 Å². The van der Waals surface area contributed by atoms with Gasteiger partial charge in [-0.15, -0.1) is 0 Å². The molecule has 1 aliphatic rings. The van der Waals surface area contributed by atoms with Crippen LogP contribution in [-0.4, -0.2) is 35.8 Å². The first-order valence-electron chi connectivity index (χ1n) is 5.39. The molecule has 0 aliphatic carbocycles. The molecule has 0 radical (unpaired) electrons. The van der Waals surface area contributed by atoms with Gasteiger partial charge < -0.3 is 10.1 Å². The van der Waals surface area contributed by atoms with Gasteiger partial charge in [0, 0.05) is 32.3 Å². The number of ether oxygens (including phenoxy) is 1. The summed E-state index contributed by atoms with van der Waals surface area (Å²) in [5.74, 6) is 6.29. The van der Waals surface area contributed by atoms with E-state index < -0.39 is 0 Å². The zero-order valence-corrected chi connectivity index (χ0v) is 9.36. The topological polar surface area (TPSA) is 47.0 Å². The van der Waals surface area contributed by atoms with Crippen molar-refractivity contribution in [2.24, 2.45) is 0 Å². The maximum absolute atomic E-state index is 5.55. The van der Waals surface area contributed by atoms with Crippen molar-refractivity contribution in [3.8, 4) is 11.8 Å². The van der Waals surface area contributed by atoms with Gasteiger partial charge in [-0.3, -0.25) is 0 Å². The molecule has 0 unspecified atom stereocenters. The third-order valence-electron chi connectivity index (χ3n) is 2.80. The summed E-state index contributed by atoms with van der Waals surface area (Å²) in [4.78, 5) is 7.86. The fraction of sp³-hybridized carbons (Fsp3) is 0.500. The van der Waals surface area contributed by atoms with Crippen LogP contribution < -0.4 is 5.32 Å². The molecule has 2 heterocycles. The fourth-order valence-corrected chi connectivity index (χ4v) is 1.76. The number of rotatable bonds is 1. The highest BCUT2D eigenvalue weighted by atomic mass is 16.5. The van der Waals surface area contributed by atoms with Crippen LogP contribution in [0.1, 0.15) is 18.4 Å². The molecule has 0 spiro atoms. The van der Waals surface area contributed by atoms with Crippen LogP contribution in [-0.2, 0) is 4.74 Å². The normalized spacial score (nSPS) is 18.6.